The van der Waals surface area contributed by atoms with E-state index in [1.807, 2.05) is 30.0 Å². The number of thioether (sulfide) groups is 2. The molecule has 2 heterocycles. The first-order valence-electron chi connectivity index (χ1n) is 10.6. The maximum absolute atomic E-state index is 14.4. The van der Waals surface area contributed by atoms with E-state index in [9.17, 15) is 4.79 Å². The van der Waals surface area contributed by atoms with Crippen LogP contribution in [0, 0.1) is 12.3 Å². The number of aryl methyl sites for hydroxylation is 1. The van der Waals surface area contributed by atoms with Crippen LogP contribution in [0.25, 0.3) is 0 Å². The van der Waals surface area contributed by atoms with Crippen molar-refractivity contribution >= 4 is 35.0 Å². The van der Waals surface area contributed by atoms with Crippen molar-refractivity contribution in [2.24, 2.45) is 10.4 Å². The number of Topliss-reactive ketones (excluding diaryl/α,β-unsaturated/α-hetero) is 1. The molecule has 0 radical (unpaired) electrons. The molecule has 0 bridgehead atoms. The Hall–Kier alpha value is -2.30. The quantitative estimate of drug-likeness (QED) is 0.455. The highest BCUT2D eigenvalue weighted by Gasteiger charge is 2.58. The predicted molar refractivity (Wildman–Crippen MR) is 133 cm³/mol. The SMILES string of the molecule is CS[C@@H]1C(c2ccccc2)=N[C@H](c2ccccc2)C12CCSc1cc(C)ccc1C2=O. The lowest BCUT2D eigenvalue weighted by Crippen LogP contribution is -2.44. The zero-order valence-corrected chi connectivity index (χ0v) is 19.4. The van der Waals surface area contributed by atoms with Gasteiger partial charge in [0, 0.05) is 10.5 Å². The lowest BCUT2D eigenvalue weighted by Gasteiger charge is -2.37. The highest BCUT2D eigenvalue weighted by molar-refractivity contribution is 8.00. The van der Waals surface area contributed by atoms with Crippen molar-refractivity contribution in [3.05, 3.63) is 101 Å². The summed E-state index contributed by atoms with van der Waals surface area (Å²) in [4.78, 5) is 20.8. The minimum atomic E-state index is -0.584. The van der Waals surface area contributed by atoms with Crippen LogP contribution in [0.2, 0.25) is 0 Å². The van der Waals surface area contributed by atoms with Crippen molar-refractivity contribution in [2.75, 3.05) is 12.0 Å². The largest absolute Gasteiger partial charge is 0.293 e. The van der Waals surface area contributed by atoms with Gasteiger partial charge in [0.05, 0.1) is 22.4 Å². The van der Waals surface area contributed by atoms with Crippen LogP contribution in [0.1, 0.15) is 39.5 Å². The molecule has 3 aromatic rings. The summed E-state index contributed by atoms with van der Waals surface area (Å²) >= 11 is 3.58. The smallest absolute Gasteiger partial charge is 0.174 e. The molecule has 3 atom stereocenters. The van der Waals surface area contributed by atoms with Gasteiger partial charge in [-0.25, -0.2) is 0 Å². The number of hydrogen-bond acceptors (Lipinski definition) is 4. The number of nitrogens with zero attached hydrogens (tertiary/aromatic N) is 1. The number of rotatable bonds is 3. The Balaban J connectivity index is 1.73. The van der Waals surface area contributed by atoms with Gasteiger partial charge < -0.3 is 0 Å². The molecule has 156 valence electrons. The minimum absolute atomic E-state index is 0.0143. The number of ketones is 1. The van der Waals surface area contributed by atoms with Gasteiger partial charge in [-0.15, -0.1) is 11.8 Å². The average molecular weight is 444 g/mol. The molecule has 0 aliphatic carbocycles. The number of benzene rings is 3. The molecular formula is C27H25NOS2. The summed E-state index contributed by atoms with van der Waals surface area (Å²) in [5, 5.41) is 0.0143. The number of carbonyl (C=O) groups is 1. The average Bonchev–Trinajstić information content (AvgIpc) is 3.07. The monoisotopic (exact) mass is 443 g/mol. The van der Waals surface area contributed by atoms with E-state index in [4.69, 9.17) is 4.99 Å². The van der Waals surface area contributed by atoms with Crippen molar-refractivity contribution in [1.29, 1.82) is 0 Å². The maximum Gasteiger partial charge on any atom is 0.174 e. The van der Waals surface area contributed by atoms with Crippen LogP contribution in [0.3, 0.4) is 0 Å². The van der Waals surface area contributed by atoms with Crippen molar-refractivity contribution in [3.63, 3.8) is 0 Å². The van der Waals surface area contributed by atoms with Crippen LogP contribution in [0.4, 0.5) is 0 Å². The molecule has 2 aliphatic heterocycles. The third-order valence-electron chi connectivity index (χ3n) is 6.47. The maximum atomic E-state index is 14.4. The molecule has 0 saturated heterocycles. The van der Waals surface area contributed by atoms with E-state index < -0.39 is 5.41 Å². The predicted octanol–water partition coefficient (Wildman–Crippen LogP) is 6.64. The molecular weight excluding hydrogens is 418 g/mol. The molecule has 0 amide bonds. The van der Waals surface area contributed by atoms with Crippen molar-refractivity contribution < 1.29 is 4.79 Å². The summed E-state index contributed by atoms with van der Waals surface area (Å²) in [6.45, 7) is 2.09. The first-order valence-corrected chi connectivity index (χ1v) is 12.9. The van der Waals surface area contributed by atoms with E-state index >= 15 is 0 Å². The zero-order valence-electron chi connectivity index (χ0n) is 17.7. The van der Waals surface area contributed by atoms with Gasteiger partial charge in [0.2, 0.25) is 0 Å². The Morgan fingerprint density at radius 3 is 2.42 bits per heavy atom. The van der Waals surface area contributed by atoms with E-state index in [2.05, 4.69) is 73.8 Å². The van der Waals surface area contributed by atoms with Crippen LogP contribution >= 0.6 is 23.5 Å². The second-order valence-corrected chi connectivity index (χ2v) is 10.4. The fourth-order valence-corrected chi connectivity index (χ4v) is 7.45. The van der Waals surface area contributed by atoms with Gasteiger partial charge >= 0.3 is 0 Å². The van der Waals surface area contributed by atoms with Crippen molar-refractivity contribution in [1.82, 2.24) is 0 Å². The third-order valence-corrected chi connectivity index (χ3v) is 8.64. The lowest BCUT2D eigenvalue weighted by molar-refractivity contribution is 0.0772. The Bertz CT molecular complexity index is 1140. The first kappa shape index (κ1) is 20.6. The third kappa shape index (κ3) is 3.37. The molecule has 1 unspecified atom stereocenters. The van der Waals surface area contributed by atoms with Gasteiger partial charge in [0.15, 0.2) is 5.78 Å². The normalized spacial score (nSPS) is 25.2. The molecule has 2 nitrogen and oxygen atoms in total. The summed E-state index contributed by atoms with van der Waals surface area (Å²) in [5.74, 6) is 1.16. The fraction of sp³-hybridized carbons (Fsp3) is 0.259. The Morgan fingerprint density at radius 1 is 1.00 bits per heavy atom. The fourth-order valence-electron chi connectivity index (χ4n) is 5.02. The van der Waals surface area contributed by atoms with E-state index in [-0.39, 0.29) is 17.1 Å². The van der Waals surface area contributed by atoms with Gasteiger partial charge in [-0.1, -0.05) is 66.7 Å². The number of aliphatic imine (C=N–C) groups is 1. The summed E-state index contributed by atoms with van der Waals surface area (Å²) in [6.07, 6.45) is 2.94. The van der Waals surface area contributed by atoms with Crippen LogP contribution in [-0.2, 0) is 0 Å². The van der Waals surface area contributed by atoms with Crippen LogP contribution in [-0.4, -0.2) is 28.8 Å². The van der Waals surface area contributed by atoms with Gasteiger partial charge in [-0.2, -0.15) is 11.8 Å². The second-order valence-electron chi connectivity index (χ2n) is 8.28. The Morgan fingerprint density at radius 2 is 1.71 bits per heavy atom. The van der Waals surface area contributed by atoms with Crippen LogP contribution in [0.5, 0.6) is 0 Å². The molecule has 5 rings (SSSR count). The molecule has 1 spiro atoms. The van der Waals surface area contributed by atoms with Gasteiger partial charge in [0.1, 0.15) is 0 Å². The molecule has 2 aliphatic rings. The van der Waals surface area contributed by atoms with Gasteiger partial charge in [-0.3, -0.25) is 9.79 Å². The first-order chi connectivity index (χ1) is 15.1. The molecule has 0 N–H and O–H groups in total. The summed E-state index contributed by atoms with van der Waals surface area (Å²) in [5.41, 5.74) is 4.77. The highest BCUT2D eigenvalue weighted by Crippen LogP contribution is 2.57. The molecule has 0 aromatic heterocycles. The van der Waals surface area contributed by atoms with E-state index in [0.717, 1.165) is 39.5 Å². The Labute approximate surface area is 192 Å². The highest BCUT2D eigenvalue weighted by atomic mass is 32.2. The topological polar surface area (TPSA) is 29.4 Å². The van der Waals surface area contributed by atoms with Crippen LogP contribution in [0.15, 0.2) is 88.8 Å². The van der Waals surface area contributed by atoms with E-state index in [0.29, 0.717) is 0 Å². The molecule has 4 heteroatoms. The summed E-state index contributed by atoms with van der Waals surface area (Å²) in [7, 11) is 0. The molecule has 31 heavy (non-hydrogen) atoms. The number of hydrogen-bond donors (Lipinski definition) is 0. The Kier molecular flexibility index (Phi) is 5.53. The lowest BCUT2D eigenvalue weighted by atomic mass is 9.68. The van der Waals surface area contributed by atoms with E-state index in [1.54, 1.807) is 11.8 Å². The summed E-state index contributed by atoms with van der Waals surface area (Å²) in [6, 6.07) is 26.9. The van der Waals surface area contributed by atoms with Crippen LogP contribution < -0.4 is 0 Å². The standard InChI is InChI=1S/C27H25NOS2/c1-18-13-14-21-22(17-18)31-16-15-27(25(21)29)24(20-11-7-4-8-12-20)28-23(26(27)30-2)19-9-5-3-6-10-19/h3-14,17,24,26H,15-16H2,1-2H3/t24-,26-,27?/m1/s1. The van der Waals surface area contributed by atoms with Gasteiger partial charge in [0.25, 0.3) is 0 Å². The van der Waals surface area contributed by atoms with E-state index in [1.165, 1.54) is 5.56 Å². The second kappa shape index (κ2) is 8.33. The molecule has 3 aromatic carbocycles. The van der Waals surface area contributed by atoms with Gasteiger partial charge in [-0.05, 0) is 54.2 Å². The summed E-state index contributed by atoms with van der Waals surface area (Å²) < 4.78 is 0. The van der Waals surface area contributed by atoms with Crippen molar-refractivity contribution in [2.45, 2.75) is 29.5 Å². The molecule has 0 saturated carbocycles. The van der Waals surface area contributed by atoms with Crippen molar-refractivity contribution in [3.8, 4) is 0 Å². The zero-order chi connectivity index (χ0) is 21.4. The number of carbonyl (C=O) groups excluding carboxylic acids is 1. The molecule has 0 fully saturated rings. The number of fused-ring (bicyclic) bond motifs is 1. The minimum Gasteiger partial charge on any atom is -0.293 e.